The highest BCUT2D eigenvalue weighted by Gasteiger charge is 2.15. The summed E-state index contributed by atoms with van der Waals surface area (Å²) >= 11 is 0. The summed E-state index contributed by atoms with van der Waals surface area (Å²) in [6.45, 7) is 0. The van der Waals surface area contributed by atoms with E-state index in [0.717, 1.165) is 29.7 Å². The topological polar surface area (TPSA) is 81.0 Å². The molecule has 2 aliphatic heterocycles. The van der Waals surface area contributed by atoms with Gasteiger partial charge in [-0.2, -0.15) is 0 Å². The van der Waals surface area contributed by atoms with Gasteiger partial charge in [0.1, 0.15) is 5.82 Å². The van der Waals surface area contributed by atoms with Crippen LogP contribution in [0.3, 0.4) is 0 Å². The number of aromatic nitrogens is 2. The number of nitrogens with zero attached hydrogens (tertiary/aromatic N) is 1. The third-order valence-electron chi connectivity index (χ3n) is 3.58. The number of carbonyl (C=O) groups excluding carboxylic acids is 1. The second kappa shape index (κ2) is 5.89. The van der Waals surface area contributed by atoms with Crippen molar-refractivity contribution in [3.63, 3.8) is 0 Å². The van der Waals surface area contributed by atoms with Gasteiger partial charge in [0.15, 0.2) is 5.69 Å². The van der Waals surface area contributed by atoms with Crippen molar-refractivity contribution < 1.29 is 9.53 Å². The van der Waals surface area contributed by atoms with Crippen LogP contribution in [0.1, 0.15) is 21.6 Å². The average Bonchev–Trinajstić information content (AvgIpc) is 2.95. The summed E-state index contributed by atoms with van der Waals surface area (Å²) in [7, 11) is 1.35. The summed E-state index contributed by atoms with van der Waals surface area (Å²) in [5.74, 6) is 0.263. The lowest BCUT2D eigenvalue weighted by atomic mass is 10.0. The second-order valence-electron chi connectivity index (χ2n) is 5.19. The molecule has 0 amide bonds. The van der Waals surface area contributed by atoms with Gasteiger partial charge >= 0.3 is 5.97 Å². The molecule has 0 saturated carbocycles. The molecule has 3 rings (SSSR count). The van der Waals surface area contributed by atoms with E-state index in [2.05, 4.69) is 20.8 Å². The summed E-state index contributed by atoms with van der Waals surface area (Å²) < 4.78 is 4.69. The second-order valence-corrected chi connectivity index (χ2v) is 5.19. The lowest BCUT2D eigenvalue weighted by Gasteiger charge is -2.05. The predicted octanol–water partition coefficient (Wildman–Crippen LogP) is 2.67. The molecular formula is C17H17N3O2. The first-order valence-electron chi connectivity index (χ1n) is 7.06. The Labute approximate surface area is 128 Å². The SMILES string of the molecule is COC(=O)c1cc2cc(CCc3cccc(N)c3)c[nH]c-2n1. The predicted molar refractivity (Wildman–Crippen MR) is 84.8 cm³/mol. The Morgan fingerprint density at radius 1 is 1.23 bits per heavy atom. The fraction of sp³-hybridized carbons (Fsp3) is 0.176. The van der Waals surface area contributed by atoms with Crippen molar-refractivity contribution in [2.24, 2.45) is 0 Å². The number of benzene rings is 1. The molecule has 0 unspecified atom stereocenters. The Bertz CT molecular complexity index is 779. The molecule has 5 nitrogen and oxygen atoms in total. The number of hydrogen-bond acceptors (Lipinski definition) is 4. The van der Waals surface area contributed by atoms with Crippen LogP contribution in [0.2, 0.25) is 0 Å². The Morgan fingerprint density at radius 2 is 2.05 bits per heavy atom. The lowest BCUT2D eigenvalue weighted by Crippen LogP contribution is -2.00. The Morgan fingerprint density at radius 3 is 2.82 bits per heavy atom. The number of H-pyrrole nitrogens is 1. The molecule has 0 fully saturated rings. The van der Waals surface area contributed by atoms with Crippen LogP contribution >= 0.6 is 0 Å². The molecule has 2 aliphatic rings. The highest BCUT2D eigenvalue weighted by molar-refractivity contribution is 5.90. The maximum Gasteiger partial charge on any atom is 0.356 e. The fourth-order valence-corrected chi connectivity index (χ4v) is 2.45. The van der Waals surface area contributed by atoms with E-state index >= 15 is 0 Å². The first kappa shape index (κ1) is 14.1. The number of esters is 1. The van der Waals surface area contributed by atoms with Gasteiger partial charge in [-0.3, -0.25) is 0 Å². The Hall–Kier alpha value is -2.82. The molecule has 1 aromatic rings. The molecule has 22 heavy (non-hydrogen) atoms. The fourth-order valence-electron chi connectivity index (χ4n) is 2.45. The third-order valence-corrected chi connectivity index (χ3v) is 3.58. The van der Waals surface area contributed by atoms with E-state index in [1.54, 1.807) is 6.07 Å². The van der Waals surface area contributed by atoms with E-state index in [1.165, 1.54) is 12.7 Å². The summed E-state index contributed by atoms with van der Waals surface area (Å²) in [6, 6.07) is 11.7. The summed E-state index contributed by atoms with van der Waals surface area (Å²) in [4.78, 5) is 18.8. The molecule has 0 aliphatic carbocycles. The van der Waals surface area contributed by atoms with Crippen LogP contribution in [0.4, 0.5) is 5.69 Å². The van der Waals surface area contributed by atoms with Crippen LogP contribution < -0.4 is 5.73 Å². The number of hydrogen-bond donors (Lipinski definition) is 2. The van der Waals surface area contributed by atoms with Crippen LogP contribution in [-0.4, -0.2) is 23.0 Å². The Balaban J connectivity index is 1.77. The van der Waals surface area contributed by atoms with Gasteiger partial charge in [-0.1, -0.05) is 12.1 Å². The normalized spacial score (nSPS) is 10.8. The quantitative estimate of drug-likeness (QED) is 0.573. The van der Waals surface area contributed by atoms with Crippen LogP contribution in [0.25, 0.3) is 11.4 Å². The zero-order valence-corrected chi connectivity index (χ0v) is 12.3. The number of aromatic amines is 1. The molecule has 2 heterocycles. The number of nitrogens with one attached hydrogen (secondary N) is 1. The molecular weight excluding hydrogens is 278 g/mol. The number of nitrogen functional groups attached to an aromatic ring is 1. The standard InChI is InChI=1S/C17H17N3O2/c1-22-17(21)15-9-13-7-12(10-19-16(13)20-15)6-5-11-3-2-4-14(18)8-11/h2-4,7-10H,5-6,18H2,1H3,(H,19,20). The molecule has 0 spiro atoms. The molecule has 5 heteroatoms. The number of ether oxygens (including phenoxy) is 1. The van der Waals surface area contributed by atoms with Crippen molar-refractivity contribution >= 4 is 11.7 Å². The zero-order valence-electron chi connectivity index (χ0n) is 12.3. The number of anilines is 1. The molecule has 0 bridgehead atoms. The minimum atomic E-state index is -0.425. The van der Waals surface area contributed by atoms with E-state index in [4.69, 9.17) is 5.73 Å². The van der Waals surface area contributed by atoms with Crippen LogP contribution in [-0.2, 0) is 17.6 Å². The number of pyridine rings is 1. The van der Waals surface area contributed by atoms with Crippen molar-refractivity contribution in [3.05, 3.63) is 59.4 Å². The minimum absolute atomic E-state index is 0.321. The average molecular weight is 295 g/mol. The maximum atomic E-state index is 11.5. The highest BCUT2D eigenvalue weighted by atomic mass is 16.5. The van der Waals surface area contributed by atoms with E-state index in [9.17, 15) is 4.79 Å². The minimum Gasteiger partial charge on any atom is -0.464 e. The van der Waals surface area contributed by atoms with Crippen molar-refractivity contribution in [1.29, 1.82) is 0 Å². The van der Waals surface area contributed by atoms with Crippen LogP contribution in [0.5, 0.6) is 0 Å². The first-order chi connectivity index (χ1) is 10.7. The summed E-state index contributed by atoms with van der Waals surface area (Å²) in [5, 5.41) is 0. The van der Waals surface area contributed by atoms with Crippen molar-refractivity contribution in [3.8, 4) is 11.4 Å². The van der Waals surface area contributed by atoms with E-state index < -0.39 is 5.97 Å². The van der Waals surface area contributed by atoms with E-state index in [1.807, 2.05) is 30.5 Å². The lowest BCUT2D eigenvalue weighted by molar-refractivity contribution is 0.0595. The first-order valence-corrected chi connectivity index (χ1v) is 7.06. The molecule has 3 N–H and O–H groups in total. The van der Waals surface area contributed by atoms with Crippen molar-refractivity contribution in [2.45, 2.75) is 12.8 Å². The van der Waals surface area contributed by atoms with Crippen LogP contribution in [0, 0.1) is 0 Å². The van der Waals surface area contributed by atoms with Gasteiger partial charge in [0, 0.05) is 17.4 Å². The number of aryl methyl sites for hydroxylation is 2. The van der Waals surface area contributed by atoms with Gasteiger partial charge in [0.05, 0.1) is 7.11 Å². The van der Waals surface area contributed by atoms with Gasteiger partial charge < -0.3 is 15.5 Å². The van der Waals surface area contributed by atoms with Crippen molar-refractivity contribution in [2.75, 3.05) is 12.8 Å². The Kier molecular flexibility index (Phi) is 3.78. The molecule has 0 aromatic heterocycles. The molecule has 112 valence electrons. The molecule has 0 saturated heterocycles. The van der Waals surface area contributed by atoms with Gasteiger partial charge in [0.25, 0.3) is 0 Å². The van der Waals surface area contributed by atoms with E-state index in [-0.39, 0.29) is 0 Å². The maximum absolute atomic E-state index is 11.5. The molecule has 1 aromatic carbocycles. The summed E-state index contributed by atoms with van der Waals surface area (Å²) in [6.07, 6.45) is 3.71. The van der Waals surface area contributed by atoms with Gasteiger partial charge in [-0.25, -0.2) is 9.78 Å². The number of carbonyl (C=O) groups is 1. The molecule has 0 radical (unpaired) electrons. The smallest absolute Gasteiger partial charge is 0.356 e. The number of rotatable bonds is 4. The van der Waals surface area contributed by atoms with E-state index in [0.29, 0.717) is 11.5 Å². The number of nitrogens with two attached hydrogens (primary N) is 1. The van der Waals surface area contributed by atoms with Gasteiger partial charge in [0.2, 0.25) is 0 Å². The molecule has 0 atom stereocenters. The highest BCUT2D eigenvalue weighted by Crippen LogP contribution is 2.22. The number of methoxy groups -OCH3 is 1. The summed E-state index contributed by atoms with van der Waals surface area (Å²) in [5.41, 5.74) is 10.2. The van der Waals surface area contributed by atoms with Crippen molar-refractivity contribution in [1.82, 2.24) is 9.97 Å². The monoisotopic (exact) mass is 295 g/mol. The zero-order chi connectivity index (χ0) is 15.5. The van der Waals surface area contributed by atoms with Gasteiger partial charge in [-0.15, -0.1) is 0 Å². The largest absolute Gasteiger partial charge is 0.464 e. The van der Waals surface area contributed by atoms with Gasteiger partial charge in [-0.05, 0) is 48.2 Å². The van der Waals surface area contributed by atoms with Crippen LogP contribution in [0.15, 0.2) is 42.6 Å². The number of fused-ring (bicyclic) bond motifs is 1. The third kappa shape index (κ3) is 2.93.